The lowest BCUT2D eigenvalue weighted by atomic mass is 10.1. The van der Waals surface area contributed by atoms with Crippen LogP contribution in [0.25, 0.3) is 0 Å². The molecule has 1 aromatic carbocycles. The number of aryl methyl sites for hydroxylation is 1. The fourth-order valence-electron chi connectivity index (χ4n) is 2.37. The lowest BCUT2D eigenvalue weighted by Gasteiger charge is -2.18. The summed E-state index contributed by atoms with van der Waals surface area (Å²) < 4.78 is 0. The summed E-state index contributed by atoms with van der Waals surface area (Å²) in [5, 5.41) is 3.19. The van der Waals surface area contributed by atoms with Crippen molar-refractivity contribution >= 4 is 11.9 Å². The molecule has 0 saturated heterocycles. The number of carbonyl (C=O) groups is 1. The van der Waals surface area contributed by atoms with E-state index in [0.29, 0.717) is 24.7 Å². The van der Waals surface area contributed by atoms with E-state index in [-0.39, 0.29) is 5.91 Å². The van der Waals surface area contributed by atoms with E-state index in [0.717, 1.165) is 19.4 Å². The van der Waals surface area contributed by atoms with E-state index in [1.165, 1.54) is 5.56 Å². The molecule has 0 radical (unpaired) electrons. The Morgan fingerprint density at radius 2 is 1.87 bits per heavy atom. The standard InChI is InChI=1S/C18H24N4O/c1-3-22(4-2)17(23)16-12-14-20-18(21-16)19-13-8-11-15-9-6-5-7-10-15/h5-7,9-10,12,14H,3-4,8,11,13H2,1-2H3,(H,19,20,21). The molecule has 0 aliphatic heterocycles. The Balaban J connectivity index is 1.86. The number of carbonyl (C=O) groups excluding carboxylic acids is 1. The van der Waals surface area contributed by atoms with Crippen LogP contribution in [0.3, 0.4) is 0 Å². The van der Waals surface area contributed by atoms with Gasteiger partial charge in [0.2, 0.25) is 5.95 Å². The van der Waals surface area contributed by atoms with Crippen molar-refractivity contribution in [2.75, 3.05) is 25.0 Å². The Labute approximate surface area is 137 Å². The van der Waals surface area contributed by atoms with Crippen molar-refractivity contribution in [2.24, 2.45) is 0 Å². The van der Waals surface area contributed by atoms with Crippen molar-refractivity contribution in [3.8, 4) is 0 Å². The van der Waals surface area contributed by atoms with Gasteiger partial charge in [0.05, 0.1) is 0 Å². The van der Waals surface area contributed by atoms with Gasteiger partial charge in [-0.2, -0.15) is 0 Å². The lowest BCUT2D eigenvalue weighted by Crippen LogP contribution is -2.31. The zero-order chi connectivity index (χ0) is 16.5. The second kappa shape index (κ2) is 8.88. The van der Waals surface area contributed by atoms with E-state index in [9.17, 15) is 4.79 Å². The summed E-state index contributed by atoms with van der Waals surface area (Å²) in [6, 6.07) is 12.0. The van der Waals surface area contributed by atoms with E-state index in [1.54, 1.807) is 17.2 Å². The maximum atomic E-state index is 12.3. The summed E-state index contributed by atoms with van der Waals surface area (Å²) in [6.45, 7) is 6.06. The molecule has 5 nitrogen and oxygen atoms in total. The Morgan fingerprint density at radius 1 is 1.13 bits per heavy atom. The lowest BCUT2D eigenvalue weighted by molar-refractivity contribution is 0.0767. The third-order valence-corrected chi connectivity index (χ3v) is 3.69. The van der Waals surface area contributed by atoms with E-state index in [2.05, 4.69) is 27.4 Å². The van der Waals surface area contributed by atoms with Crippen LogP contribution in [0.1, 0.15) is 36.3 Å². The van der Waals surface area contributed by atoms with Gasteiger partial charge in [-0.25, -0.2) is 9.97 Å². The molecule has 1 aromatic heterocycles. The molecule has 2 rings (SSSR count). The number of amides is 1. The van der Waals surface area contributed by atoms with Crippen LogP contribution >= 0.6 is 0 Å². The Bertz CT molecular complexity index is 611. The average molecular weight is 312 g/mol. The molecule has 0 unspecified atom stereocenters. The number of rotatable bonds is 8. The highest BCUT2D eigenvalue weighted by atomic mass is 16.2. The maximum Gasteiger partial charge on any atom is 0.272 e. The fraction of sp³-hybridized carbons (Fsp3) is 0.389. The third-order valence-electron chi connectivity index (χ3n) is 3.69. The predicted octanol–water partition coefficient (Wildman–Crippen LogP) is 3.00. The van der Waals surface area contributed by atoms with Crippen molar-refractivity contribution in [1.82, 2.24) is 14.9 Å². The molecule has 0 aliphatic carbocycles. The van der Waals surface area contributed by atoms with Gasteiger partial charge in [0, 0.05) is 25.8 Å². The summed E-state index contributed by atoms with van der Waals surface area (Å²) in [5.41, 5.74) is 1.76. The summed E-state index contributed by atoms with van der Waals surface area (Å²) >= 11 is 0. The summed E-state index contributed by atoms with van der Waals surface area (Å²) in [5.74, 6) is 0.459. The monoisotopic (exact) mass is 312 g/mol. The van der Waals surface area contributed by atoms with Crippen molar-refractivity contribution in [3.63, 3.8) is 0 Å². The van der Waals surface area contributed by atoms with Gasteiger partial charge in [-0.05, 0) is 38.3 Å². The zero-order valence-corrected chi connectivity index (χ0v) is 13.8. The van der Waals surface area contributed by atoms with Gasteiger partial charge in [0.15, 0.2) is 0 Å². The highest BCUT2D eigenvalue weighted by Gasteiger charge is 2.14. The Hall–Kier alpha value is -2.43. The molecule has 1 amide bonds. The first kappa shape index (κ1) is 16.9. The molecule has 0 bridgehead atoms. The maximum absolute atomic E-state index is 12.3. The van der Waals surface area contributed by atoms with Gasteiger partial charge in [0.25, 0.3) is 5.91 Å². The molecule has 5 heteroatoms. The molecule has 0 saturated carbocycles. The molecular formula is C18H24N4O. The number of nitrogens with one attached hydrogen (secondary N) is 1. The van der Waals surface area contributed by atoms with E-state index in [1.807, 2.05) is 32.0 Å². The van der Waals surface area contributed by atoms with Crippen molar-refractivity contribution in [2.45, 2.75) is 26.7 Å². The van der Waals surface area contributed by atoms with Crippen LogP contribution in [0, 0.1) is 0 Å². The highest BCUT2D eigenvalue weighted by Crippen LogP contribution is 2.06. The first-order chi connectivity index (χ1) is 11.2. The first-order valence-corrected chi connectivity index (χ1v) is 8.14. The zero-order valence-electron chi connectivity index (χ0n) is 13.8. The van der Waals surface area contributed by atoms with Gasteiger partial charge in [-0.15, -0.1) is 0 Å². The molecular weight excluding hydrogens is 288 g/mol. The topological polar surface area (TPSA) is 58.1 Å². The number of hydrogen-bond donors (Lipinski definition) is 1. The molecule has 0 spiro atoms. The second-order valence-corrected chi connectivity index (χ2v) is 5.26. The van der Waals surface area contributed by atoms with Crippen LogP contribution < -0.4 is 5.32 Å². The Morgan fingerprint density at radius 3 is 2.57 bits per heavy atom. The van der Waals surface area contributed by atoms with Gasteiger partial charge >= 0.3 is 0 Å². The smallest absolute Gasteiger partial charge is 0.272 e. The highest BCUT2D eigenvalue weighted by molar-refractivity contribution is 5.92. The number of aromatic nitrogens is 2. The number of benzene rings is 1. The predicted molar refractivity (Wildman–Crippen MR) is 92.5 cm³/mol. The van der Waals surface area contributed by atoms with Crippen LogP contribution in [0.15, 0.2) is 42.6 Å². The van der Waals surface area contributed by atoms with Crippen LogP contribution in [-0.4, -0.2) is 40.4 Å². The molecule has 0 aliphatic rings. The third kappa shape index (κ3) is 5.06. The van der Waals surface area contributed by atoms with Crippen molar-refractivity contribution < 1.29 is 4.79 Å². The van der Waals surface area contributed by atoms with Crippen LogP contribution in [-0.2, 0) is 6.42 Å². The van der Waals surface area contributed by atoms with Gasteiger partial charge in [-0.3, -0.25) is 4.79 Å². The van der Waals surface area contributed by atoms with Gasteiger partial charge < -0.3 is 10.2 Å². The molecule has 1 heterocycles. The number of hydrogen-bond acceptors (Lipinski definition) is 4. The number of anilines is 1. The summed E-state index contributed by atoms with van der Waals surface area (Å²) in [4.78, 5) is 22.5. The number of nitrogens with zero attached hydrogens (tertiary/aromatic N) is 3. The van der Waals surface area contributed by atoms with E-state index < -0.39 is 0 Å². The largest absolute Gasteiger partial charge is 0.354 e. The quantitative estimate of drug-likeness (QED) is 0.761. The minimum Gasteiger partial charge on any atom is -0.354 e. The first-order valence-electron chi connectivity index (χ1n) is 8.14. The molecule has 23 heavy (non-hydrogen) atoms. The molecule has 0 fully saturated rings. The van der Waals surface area contributed by atoms with E-state index >= 15 is 0 Å². The van der Waals surface area contributed by atoms with Gasteiger partial charge in [0.1, 0.15) is 5.69 Å². The normalized spacial score (nSPS) is 10.3. The molecule has 122 valence electrons. The molecule has 2 aromatic rings. The van der Waals surface area contributed by atoms with Crippen molar-refractivity contribution in [3.05, 3.63) is 53.9 Å². The summed E-state index contributed by atoms with van der Waals surface area (Å²) in [6.07, 6.45) is 3.62. The Kier molecular flexibility index (Phi) is 6.54. The second-order valence-electron chi connectivity index (χ2n) is 5.26. The van der Waals surface area contributed by atoms with E-state index in [4.69, 9.17) is 0 Å². The molecule has 1 N–H and O–H groups in total. The SMILES string of the molecule is CCN(CC)C(=O)c1ccnc(NCCCc2ccccc2)n1. The molecule has 0 atom stereocenters. The fourth-order valence-corrected chi connectivity index (χ4v) is 2.37. The van der Waals surface area contributed by atoms with Crippen LogP contribution in [0.2, 0.25) is 0 Å². The van der Waals surface area contributed by atoms with Crippen molar-refractivity contribution in [1.29, 1.82) is 0 Å². The minimum absolute atomic E-state index is 0.0512. The minimum atomic E-state index is -0.0512. The van der Waals surface area contributed by atoms with Gasteiger partial charge in [-0.1, -0.05) is 30.3 Å². The van der Waals surface area contributed by atoms with Crippen LogP contribution in [0.5, 0.6) is 0 Å². The van der Waals surface area contributed by atoms with Crippen LogP contribution in [0.4, 0.5) is 5.95 Å². The summed E-state index contributed by atoms with van der Waals surface area (Å²) in [7, 11) is 0. The average Bonchev–Trinajstić information content (AvgIpc) is 2.61.